The third kappa shape index (κ3) is 3.33. The Morgan fingerprint density at radius 3 is 2.78 bits per heavy atom. The number of ether oxygens (including phenoxy) is 1. The van der Waals surface area contributed by atoms with Crippen LogP contribution in [0.5, 0.6) is 0 Å². The molecule has 1 heterocycles. The standard InChI is InChI=1S/C12H14N2O3S/c1-4-6-13-12-14(7-5-2)11(16)9(18-12)8-10(15)17-3/h4-5,8H,1-2,6-7H2,3H3/b9-8+,13-12?. The van der Waals surface area contributed by atoms with E-state index in [1.54, 1.807) is 12.2 Å². The van der Waals surface area contributed by atoms with Crippen LogP contribution >= 0.6 is 11.8 Å². The highest BCUT2D eigenvalue weighted by Gasteiger charge is 2.32. The molecule has 0 saturated carbocycles. The van der Waals surface area contributed by atoms with Crippen LogP contribution in [0.2, 0.25) is 0 Å². The molecule has 6 heteroatoms. The van der Waals surface area contributed by atoms with Crippen molar-refractivity contribution in [3.63, 3.8) is 0 Å². The van der Waals surface area contributed by atoms with Crippen LogP contribution in [-0.4, -0.2) is 42.1 Å². The molecule has 96 valence electrons. The van der Waals surface area contributed by atoms with Crippen LogP contribution in [0.25, 0.3) is 0 Å². The Balaban J connectivity index is 2.98. The second kappa shape index (κ2) is 6.80. The number of nitrogens with zero attached hydrogens (tertiary/aromatic N) is 2. The predicted octanol–water partition coefficient (Wildman–Crippen LogP) is 1.35. The Morgan fingerprint density at radius 1 is 1.50 bits per heavy atom. The van der Waals surface area contributed by atoms with Gasteiger partial charge in [0, 0.05) is 12.6 Å². The van der Waals surface area contributed by atoms with E-state index in [1.165, 1.54) is 18.1 Å². The fourth-order valence-electron chi connectivity index (χ4n) is 1.22. The number of carbonyl (C=O) groups excluding carboxylic acids is 2. The van der Waals surface area contributed by atoms with Gasteiger partial charge in [-0.3, -0.25) is 14.7 Å². The number of aliphatic imine (C=N–C) groups is 1. The number of amidine groups is 1. The van der Waals surface area contributed by atoms with Gasteiger partial charge >= 0.3 is 5.97 Å². The lowest BCUT2D eigenvalue weighted by Gasteiger charge is -2.11. The number of esters is 1. The maximum absolute atomic E-state index is 12.0. The zero-order valence-corrected chi connectivity index (χ0v) is 10.9. The van der Waals surface area contributed by atoms with Gasteiger partial charge in [-0.1, -0.05) is 12.2 Å². The number of methoxy groups -OCH3 is 1. The van der Waals surface area contributed by atoms with Crippen LogP contribution < -0.4 is 0 Å². The summed E-state index contributed by atoms with van der Waals surface area (Å²) in [5, 5.41) is 0.537. The van der Waals surface area contributed by atoms with Gasteiger partial charge in [0.1, 0.15) is 0 Å². The monoisotopic (exact) mass is 266 g/mol. The third-order valence-electron chi connectivity index (χ3n) is 2.01. The van der Waals surface area contributed by atoms with Gasteiger partial charge in [0.15, 0.2) is 5.17 Å². The van der Waals surface area contributed by atoms with Crippen molar-refractivity contribution >= 4 is 28.8 Å². The smallest absolute Gasteiger partial charge is 0.331 e. The fraction of sp³-hybridized carbons (Fsp3) is 0.250. The summed E-state index contributed by atoms with van der Waals surface area (Å²) in [5.41, 5.74) is 0. The summed E-state index contributed by atoms with van der Waals surface area (Å²) in [6.07, 6.45) is 4.40. The van der Waals surface area contributed by atoms with E-state index in [2.05, 4.69) is 22.9 Å². The Bertz CT molecular complexity index is 441. The normalized spacial score (nSPS) is 19.4. The molecule has 1 aliphatic rings. The Hall–Kier alpha value is -1.82. The van der Waals surface area contributed by atoms with Gasteiger partial charge in [0.25, 0.3) is 5.91 Å². The molecule has 1 aliphatic heterocycles. The van der Waals surface area contributed by atoms with Crippen molar-refractivity contribution < 1.29 is 14.3 Å². The van der Waals surface area contributed by atoms with Gasteiger partial charge in [-0.2, -0.15) is 0 Å². The van der Waals surface area contributed by atoms with E-state index in [0.29, 0.717) is 23.2 Å². The molecule has 1 rings (SSSR count). The maximum atomic E-state index is 12.0. The number of amides is 1. The molecule has 0 aromatic heterocycles. The van der Waals surface area contributed by atoms with E-state index in [4.69, 9.17) is 0 Å². The molecule has 1 fully saturated rings. The van der Waals surface area contributed by atoms with E-state index < -0.39 is 5.97 Å². The molecule has 0 aromatic carbocycles. The summed E-state index contributed by atoms with van der Waals surface area (Å²) in [4.78, 5) is 29.1. The van der Waals surface area contributed by atoms with Gasteiger partial charge in [-0.25, -0.2) is 4.79 Å². The lowest BCUT2D eigenvalue weighted by Crippen LogP contribution is -2.29. The molecule has 0 N–H and O–H groups in total. The first kappa shape index (κ1) is 14.2. The molecule has 5 nitrogen and oxygen atoms in total. The van der Waals surface area contributed by atoms with Crippen molar-refractivity contribution in [3.05, 3.63) is 36.3 Å². The number of hydrogen-bond donors (Lipinski definition) is 0. The van der Waals surface area contributed by atoms with Crippen LogP contribution in [-0.2, 0) is 14.3 Å². The Morgan fingerprint density at radius 2 is 2.22 bits per heavy atom. The minimum atomic E-state index is -0.561. The Kier molecular flexibility index (Phi) is 5.38. The van der Waals surface area contributed by atoms with Crippen molar-refractivity contribution in [2.24, 2.45) is 4.99 Å². The molecule has 1 amide bonds. The van der Waals surface area contributed by atoms with Crippen LogP contribution in [0.3, 0.4) is 0 Å². The van der Waals surface area contributed by atoms with Crippen molar-refractivity contribution in [2.75, 3.05) is 20.2 Å². The lowest BCUT2D eigenvalue weighted by atomic mass is 10.4. The minimum absolute atomic E-state index is 0.270. The number of carbonyl (C=O) groups is 2. The summed E-state index contributed by atoms with van der Waals surface area (Å²) in [7, 11) is 1.26. The van der Waals surface area contributed by atoms with Crippen molar-refractivity contribution in [1.82, 2.24) is 4.90 Å². The van der Waals surface area contributed by atoms with Crippen LogP contribution in [0.1, 0.15) is 0 Å². The van der Waals surface area contributed by atoms with Gasteiger partial charge < -0.3 is 4.74 Å². The maximum Gasteiger partial charge on any atom is 0.331 e. The summed E-state index contributed by atoms with van der Waals surface area (Å²) < 4.78 is 4.50. The summed E-state index contributed by atoms with van der Waals surface area (Å²) in [6, 6.07) is 0. The van der Waals surface area contributed by atoms with Gasteiger partial charge in [-0.05, 0) is 11.8 Å². The highest BCUT2D eigenvalue weighted by atomic mass is 32.2. The zero-order valence-electron chi connectivity index (χ0n) is 10.1. The average molecular weight is 266 g/mol. The molecule has 0 aliphatic carbocycles. The van der Waals surface area contributed by atoms with Crippen LogP contribution in [0, 0.1) is 0 Å². The first-order chi connectivity index (χ1) is 8.63. The summed E-state index contributed by atoms with van der Waals surface area (Å²) in [6.45, 7) is 7.91. The minimum Gasteiger partial charge on any atom is -0.466 e. The largest absolute Gasteiger partial charge is 0.466 e. The first-order valence-electron chi connectivity index (χ1n) is 5.19. The molecule has 0 aromatic rings. The fourth-order valence-corrected chi connectivity index (χ4v) is 2.18. The molecule has 0 atom stereocenters. The predicted molar refractivity (Wildman–Crippen MR) is 72.1 cm³/mol. The third-order valence-corrected chi connectivity index (χ3v) is 3.05. The molecular weight excluding hydrogens is 252 g/mol. The molecule has 0 spiro atoms. The van der Waals surface area contributed by atoms with E-state index in [1.807, 2.05) is 0 Å². The number of rotatable bonds is 5. The average Bonchev–Trinajstić information content (AvgIpc) is 2.65. The van der Waals surface area contributed by atoms with Crippen LogP contribution in [0.4, 0.5) is 0 Å². The van der Waals surface area contributed by atoms with Crippen molar-refractivity contribution in [3.8, 4) is 0 Å². The lowest BCUT2D eigenvalue weighted by molar-refractivity contribution is -0.135. The zero-order chi connectivity index (χ0) is 13.5. The van der Waals surface area contributed by atoms with Crippen LogP contribution in [0.15, 0.2) is 41.3 Å². The first-order valence-corrected chi connectivity index (χ1v) is 6.01. The van der Waals surface area contributed by atoms with Gasteiger partial charge in [0.05, 0.1) is 18.6 Å². The SMILES string of the molecule is C=CCN=C1S/C(=C/C(=O)OC)C(=O)N1CC=C. The van der Waals surface area contributed by atoms with E-state index in [0.717, 1.165) is 11.8 Å². The molecular formula is C12H14N2O3S. The summed E-state index contributed by atoms with van der Waals surface area (Å²) >= 11 is 1.14. The van der Waals surface area contributed by atoms with E-state index in [9.17, 15) is 9.59 Å². The molecule has 0 radical (unpaired) electrons. The highest BCUT2D eigenvalue weighted by Crippen LogP contribution is 2.30. The van der Waals surface area contributed by atoms with Gasteiger partial charge in [0.2, 0.25) is 0 Å². The quantitative estimate of drug-likeness (QED) is 0.428. The molecule has 1 saturated heterocycles. The highest BCUT2D eigenvalue weighted by molar-refractivity contribution is 8.18. The topological polar surface area (TPSA) is 59.0 Å². The Labute approximate surface area is 110 Å². The van der Waals surface area contributed by atoms with Crippen molar-refractivity contribution in [1.29, 1.82) is 0 Å². The molecule has 18 heavy (non-hydrogen) atoms. The van der Waals surface area contributed by atoms with Crippen molar-refractivity contribution in [2.45, 2.75) is 0 Å². The van der Waals surface area contributed by atoms with E-state index >= 15 is 0 Å². The summed E-state index contributed by atoms with van der Waals surface area (Å²) in [5.74, 6) is -0.831. The molecule has 0 unspecified atom stereocenters. The number of thioether (sulfide) groups is 1. The number of hydrogen-bond acceptors (Lipinski definition) is 5. The molecule has 0 bridgehead atoms. The second-order valence-electron chi connectivity index (χ2n) is 3.25. The van der Waals surface area contributed by atoms with Gasteiger partial charge in [-0.15, -0.1) is 13.2 Å². The van der Waals surface area contributed by atoms with E-state index in [-0.39, 0.29) is 5.91 Å². The second-order valence-corrected chi connectivity index (χ2v) is 4.26.